The van der Waals surface area contributed by atoms with E-state index in [4.69, 9.17) is 5.73 Å². The number of nitrogens with zero attached hydrogens (tertiary/aromatic N) is 1. The van der Waals surface area contributed by atoms with Crippen LogP contribution in [-0.4, -0.2) is 24.1 Å². The standard InChI is InChI=1S/C11H15BrN2O2/c1-2-14(6-11(13)16)10-5-9(12)4-3-8(10)7-15/h3-5,15H,2,6-7H2,1H3,(H2,13,16). The summed E-state index contributed by atoms with van der Waals surface area (Å²) in [6, 6.07) is 5.55. The predicted molar refractivity (Wildman–Crippen MR) is 67.1 cm³/mol. The molecule has 0 aromatic heterocycles. The molecule has 0 aliphatic carbocycles. The van der Waals surface area contributed by atoms with Gasteiger partial charge in [-0.2, -0.15) is 0 Å². The van der Waals surface area contributed by atoms with Crippen molar-refractivity contribution >= 4 is 27.5 Å². The van der Waals surface area contributed by atoms with Gasteiger partial charge in [-0.15, -0.1) is 0 Å². The summed E-state index contributed by atoms with van der Waals surface area (Å²) in [4.78, 5) is 12.8. The molecule has 0 aliphatic heterocycles. The largest absolute Gasteiger partial charge is 0.392 e. The van der Waals surface area contributed by atoms with E-state index in [-0.39, 0.29) is 19.1 Å². The van der Waals surface area contributed by atoms with Crippen LogP contribution in [0.5, 0.6) is 0 Å². The van der Waals surface area contributed by atoms with E-state index >= 15 is 0 Å². The first-order chi connectivity index (χ1) is 7.58. The van der Waals surface area contributed by atoms with Crippen LogP contribution in [0.25, 0.3) is 0 Å². The normalized spacial score (nSPS) is 10.2. The molecule has 0 bridgehead atoms. The number of anilines is 1. The number of hydrogen-bond acceptors (Lipinski definition) is 3. The fraction of sp³-hybridized carbons (Fsp3) is 0.364. The molecule has 5 heteroatoms. The van der Waals surface area contributed by atoms with Crippen molar-refractivity contribution in [2.45, 2.75) is 13.5 Å². The van der Waals surface area contributed by atoms with E-state index in [2.05, 4.69) is 15.9 Å². The van der Waals surface area contributed by atoms with Gasteiger partial charge in [0.25, 0.3) is 0 Å². The maximum absolute atomic E-state index is 10.9. The Hall–Kier alpha value is -1.07. The van der Waals surface area contributed by atoms with Gasteiger partial charge < -0.3 is 15.7 Å². The summed E-state index contributed by atoms with van der Waals surface area (Å²) in [6.07, 6.45) is 0. The molecule has 1 aromatic rings. The molecule has 1 amide bonds. The smallest absolute Gasteiger partial charge is 0.236 e. The lowest BCUT2D eigenvalue weighted by molar-refractivity contribution is -0.116. The van der Waals surface area contributed by atoms with Gasteiger partial charge in [0, 0.05) is 22.3 Å². The number of primary amides is 1. The Balaban J connectivity index is 3.06. The number of nitrogens with two attached hydrogens (primary N) is 1. The first-order valence-corrected chi connectivity index (χ1v) is 5.80. The zero-order valence-electron chi connectivity index (χ0n) is 9.11. The van der Waals surface area contributed by atoms with Crippen LogP contribution in [0.4, 0.5) is 5.69 Å². The molecule has 1 rings (SSSR count). The average molecular weight is 287 g/mol. The van der Waals surface area contributed by atoms with Crippen molar-refractivity contribution in [1.82, 2.24) is 0 Å². The topological polar surface area (TPSA) is 66.6 Å². The molecule has 88 valence electrons. The van der Waals surface area contributed by atoms with E-state index in [9.17, 15) is 9.90 Å². The number of rotatable bonds is 5. The van der Waals surface area contributed by atoms with Gasteiger partial charge in [0.05, 0.1) is 13.2 Å². The molecule has 0 saturated carbocycles. The number of likely N-dealkylation sites (N-methyl/N-ethyl adjacent to an activating group) is 1. The van der Waals surface area contributed by atoms with Gasteiger partial charge in [-0.05, 0) is 19.1 Å². The summed E-state index contributed by atoms with van der Waals surface area (Å²) in [5, 5.41) is 9.23. The lowest BCUT2D eigenvalue weighted by Gasteiger charge is -2.24. The first-order valence-electron chi connectivity index (χ1n) is 5.01. The molecular formula is C11H15BrN2O2. The Morgan fingerprint density at radius 2 is 2.25 bits per heavy atom. The van der Waals surface area contributed by atoms with E-state index < -0.39 is 0 Å². The second kappa shape index (κ2) is 5.86. The number of hydrogen-bond donors (Lipinski definition) is 2. The van der Waals surface area contributed by atoms with Crippen LogP contribution >= 0.6 is 15.9 Å². The summed E-state index contributed by atoms with van der Waals surface area (Å²) >= 11 is 3.36. The number of amides is 1. The van der Waals surface area contributed by atoms with Crippen molar-refractivity contribution in [3.8, 4) is 0 Å². The van der Waals surface area contributed by atoms with E-state index in [1.54, 1.807) is 0 Å². The quantitative estimate of drug-likeness (QED) is 0.856. The summed E-state index contributed by atoms with van der Waals surface area (Å²) in [7, 11) is 0. The Kier molecular flexibility index (Phi) is 4.76. The van der Waals surface area contributed by atoms with Crippen LogP contribution in [0, 0.1) is 0 Å². The second-order valence-electron chi connectivity index (χ2n) is 3.41. The molecular weight excluding hydrogens is 272 g/mol. The summed E-state index contributed by atoms with van der Waals surface area (Å²) in [6.45, 7) is 2.69. The lowest BCUT2D eigenvalue weighted by Crippen LogP contribution is -2.34. The average Bonchev–Trinajstić information content (AvgIpc) is 2.25. The van der Waals surface area contributed by atoms with Gasteiger partial charge in [-0.25, -0.2) is 0 Å². The minimum atomic E-state index is -0.384. The van der Waals surface area contributed by atoms with Crippen molar-refractivity contribution < 1.29 is 9.90 Å². The molecule has 0 atom stereocenters. The van der Waals surface area contributed by atoms with Crippen LogP contribution in [0.1, 0.15) is 12.5 Å². The van der Waals surface area contributed by atoms with Gasteiger partial charge in [-0.3, -0.25) is 4.79 Å². The van der Waals surface area contributed by atoms with Crippen LogP contribution in [0.15, 0.2) is 22.7 Å². The van der Waals surface area contributed by atoms with Crippen molar-refractivity contribution in [3.63, 3.8) is 0 Å². The van der Waals surface area contributed by atoms with E-state index in [0.29, 0.717) is 6.54 Å². The highest BCUT2D eigenvalue weighted by Gasteiger charge is 2.11. The minimum Gasteiger partial charge on any atom is -0.392 e. The Labute approximate surface area is 103 Å². The summed E-state index contributed by atoms with van der Waals surface area (Å²) in [5.74, 6) is -0.384. The highest BCUT2D eigenvalue weighted by atomic mass is 79.9. The zero-order chi connectivity index (χ0) is 12.1. The highest BCUT2D eigenvalue weighted by molar-refractivity contribution is 9.10. The predicted octanol–water partition coefficient (Wildman–Crippen LogP) is 1.25. The van der Waals surface area contributed by atoms with Gasteiger partial charge in [0.2, 0.25) is 5.91 Å². The van der Waals surface area contributed by atoms with Crippen molar-refractivity contribution in [3.05, 3.63) is 28.2 Å². The molecule has 0 heterocycles. The first kappa shape index (κ1) is 13.0. The third-order valence-electron chi connectivity index (χ3n) is 2.29. The lowest BCUT2D eigenvalue weighted by atomic mass is 10.1. The monoisotopic (exact) mass is 286 g/mol. The fourth-order valence-electron chi connectivity index (χ4n) is 1.52. The second-order valence-corrected chi connectivity index (χ2v) is 4.33. The van der Waals surface area contributed by atoms with Crippen LogP contribution in [-0.2, 0) is 11.4 Å². The van der Waals surface area contributed by atoms with Crippen molar-refractivity contribution in [2.75, 3.05) is 18.0 Å². The highest BCUT2D eigenvalue weighted by Crippen LogP contribution is 2.25. The van der Waals surface area contributed by atoms with Gasteiger partial charge in [0.1, 0.15) is 0 Å². The van der Waals surface area contributed by atoms with Crippen LogP contribution in [0.2, 0.25) is 0 Å². The molecule has 3 N–H and O–H groups in total. The van der Waals surface area contributed by atoms with Gasteiger partial charge >= 0.3 is 0 Å². The van der Waals surface area contributed by atoms with Gasteiger partial charge in [-0.1, -0.05) is 22.0 Å². The number of aliphatic hydroxyl groups excluding tert-OH is 1. The third-order valence-corrected chi connectivity index (χ3v) is 2.78. The SMILES string of the molecule is CCN(CC(N)=O)c1cc(Br)ccc1CO. The maximum Gasteiger partial charge on any atom is 0.236 e. The summed E-state index contributed by atoms with van der Waals surface area (Å²) < 4.78 is 0.905. The van der Waals surface area contributed by atoms with Crippen molar-refractivity contribution in [2.24, 2.45) is 5.73 Å². The number of carbonyl (C=O) groups is 1. The third kappa shape index (κ3) is 3.21. The fourth-order valence-corrected chi connectivity index (χ4v) is 1.87. The molecule has 0 spiro atoms. The Morgan fingerprint density at radius 1 is 1.56 bits per heavy atom. The molecule has 4 nitrogen and oxygen atoms in total. The summed E-state index contributed by atoms with van der Waals surface area (Å²) in [5.41, 5.74) is 6.80. The Morgan fingerprint density at radius 3 is 2.75 bits per heavy atom. The molecule has 16 heavy (non-hydrogen) atoms. The Bertz CT molecular complexity index is 382. The van der Waals surface area contributed by atoms with E-state index in [1.165, 1.54) is 0 Å². The minimum absolute atomic E-state index is 0.0577. The van der Waals surface area contributed by atoms with Gasteiger partial charge in [0.15, 0.2) is 0 Å². The van der Waals surface area contributed by atoms with Crippen LogP contribution < -0.4 is 10.6 Å². The number of aliphatic hydroxyl groups is 1. The molecule has 0 unspecified atom stereocenters. The maximum atomic E-state index is 10.9. The molecule has 0 radical (unpaired) electrons. The molecule has 1 aromatic carbocycles. The number of carbonyl (C=O) groups excluding carboxylic acids is 1. The number of benzene rings is 1. The molecule has 0 fully saturated rings. The van der Waals surface area contributed by atoms with E-state index in [1.807, 2.05) is 30.0 Å². The van der Waals surface area contributed by atoms with Crippen LogP contribution in [0.3, 0.4) is 0 Å². The van der Waals surface area contributed by atoms with Crippen molar-refractivity contribution in [1.29, 1.82) is 0 Å². The molecule has 0 saturated heterocycles. The number of halogens is 1. The van der Waals surface area contributed by atoms with E-state index in [0.717, 1.165) is 15.7 Å². The zero-order valence-corrected chi connectivity index (χ0v) is 10.7. The molecule has 0 aliphatic rings.